The average molecular weight is 350 g/mol. The number of aromatic nitrogens is 2. The molecule has 1 aromatic carbocycles. The molecule has 0 saturated carbocycles. The van der Waals surface area contributed by atoms with E-state index in [1.54, 1.807) is 7.11 Å². The van der Waals surface area contributed by atoms with Gasteiger partial charge in [0.2, 0.25) is 0 Å². The number of carbonyl (C=O) groups is 1. The van der Waals surface area contributed by atoms with Gasteiger partial charge in [0.05, 0.1) is 12.8 Å². The van der Waals surface area contributed by atoms with Gasteiger partial charge in [-0.15, -0.1) is 0 Å². The summed E-state index contributed by atoms with van der Waals surface area (Å²) < 4.78 is 7.36. The zero-order chi connectivity index (χ0) is 18.1. The van der Waals surface area contributed by atoms with E-state index in [0.29, 0.717) is 18.8 Å². The number of fused-ring (bicyclic) bond motifs is 1. The number of methoxy groups -OCH3 is 1. The van der Waals surface area contributed by atoms with E-state index < -0.39 is 0 Å². The van der Waals surface area contributed by atoms with Crippen LogP contribution in [0.1, 0.15) is 16.1 Å². The minimum atomic E-state index is -0.00669. The smallest absolute Gasteiger partial charge is 0.274 e. The number of nitrogens with zero attached hydrogens (tertiary/aromatic N) is 4. The standard InChI is InChI=1S/C20H22N4O2/c1-15-6-5-9-24-14-16(21-19(15)24)20(25)23-12-10-22(11-13-23)17-7-3-4-8-18(17)26-2/h3-9,14H,10-13H2,1-2H3. The van der Waals surface area contributed by atoms with Gasteiger partial charge in [-0.25, -0.2) is 4.98 Å². The SMILES string of the molecule is COc1ccccc1N1CCN(C(=O)c2cn3cccc(C)c3n2)CC1. The first kappa shape index (κ1) is 16.4. The highest BCUT2D eigenvalue weighted by atomic mass is 16.5. The first-order chi connectivity index (χ1) is 12.7. The first-order valence-electron chi connectivity index (χ1n) is 8.79. The van der Waals surface area contributed by atoms with Crippen molar-refractivity contribution in [3.8, 4) is 5.75 Å². The molecule has 0 bridgehead atoms. The number of rotatable bonds is 3. The Labute approximate surface area is 152 Å². The van der Waals surface area contributed by atoms with Gasteiger partial charge in [-0.1, -0.05) is 18.2 Å². The molecule has 0 N–H and O–H groups in total. The molecule has 26 heavy (non-hydrogen) atoms. The van der Waals surface area contributed by atoms with E-state index in [0.717, 1.165) is 35.7 Å². The van der Waals surface area contributed by atoms with E-state index in [1.165, 1.54) is 0 Å². The zero-order valence-corrected chi connectivity index (χ0v) is 15.1. The number of anilines is 1. The maximum Gasteiger partial charge on any atom is 0.274 e. The summed E-state index contributed by atoms with van der Waals surface area (Å²) in [6.07, 6.45) is 3.74. The van der Waals surface area contributed by atoms with Gasteiger partial charge in [-0.3, -0.25) is 4.79 Å². The van der Waals surface area contributed by atoms with Crippen LogP contribution in [0.2, 0.25) is 0 Å². The lowest BCUT2D eigenvalue weighted by Crippen LogP contribution is -2.49. The minimum Gasteiger partial charge on any atom is -0.495 e. The second-order valence-corrected chi connectivity index (χ2v) is 6.50. The highest BCUT2D eigenvalue weighted by Crippen LogP contribution is 2.28. The molecule has 2 aromatic heterocycles. The normalized spacial score (nSPS) is 14.7. The van der Waals surface area contributed by atoms with E-state index in [9.17, 15) is 4.79 Å². The van der Waals surface area contributed by atoms with E-state index in [1.807, 2.05) is 58.9 Å². The van der Waals surface area contributed by atoms with Gasteiger partial charge in [0, 0.05) is 38.6 Å². The van der Waals surface area contributed by atoms with Gasteiger partial charge in [0.25, 0.3) is 5.91 Å². The molecule has 6 nitrogen and oxygen atoms in total. The molecule has 1 aliphatic rings. The number of amides is 1. The highest BCUT2D eigenvalue weighted by molar-refractivity contribution is 5.93. The molecule has 0 unspecified atom stereocenters. The predicted octanol–water partition coefficient (Wildman–Crippen LogP) is 2.61. The lowest BCUT2D eigenvalue weighted by Gasteiger charge is -2.36. The van der Waals surface area contributed by atoms with Crippen LogP contribution in [0.5, 0.6) is 5.75 Å². The Kier molecular flexibility index (Phi) is 4.24. The quantitative estimate of drug-likeness (QED) is 0.729. The number of pyridine rings is 1. The Balaban J connectivity index is 1.48. The van der Waals surface area contributed by atoms with Gasteiger partial charge >= 0.3 is 0 Å². The van der Waals surface area contributed by atoms with Gasteiger partial charge in [0.15, 0.2) is 0 Å². The lowest BCUT2D eigenvalue weighted by atomic mass is 10.2. The molecule has 1 aliphatic heterocycles. The summed E-state index contributed by atoms with van der Waals surface area (Å²) in [6, 6.07) is 12.0. The van der Waals surface area contributed by atoms with Crippen molar-refractivity contribution in [1.82, 2.24) is 14.3 Å². The number of benzene rings is 1. The molecular formula is C20H22N4O2. The van der Waals surface area contributed by atoms with Gasteiger partial charge in [-0.2, -0.15) is 0 Å². The Bertz CT molecular complexity index is 942. The molecule has 1 fully saturated rings. The topological polar surface area (TPSA) is 50.1 Å². The predicted molar refractivity (Wildman–Crippen MR) is 101 cm³/mol. The summed E-state index contributed by atoms with van der Waals surface area (Å²) in [5.41, 5.74) is 3.48. The summed E-state index contributed by atoms with van der Waals surface area (Å²) in [7, 11) is 1.68. The van der Waals surface area contributed by atoms with Crippen molar-refractivity contribution in [2.24, 2.45) is 0 Å². The third-order valence-electron chi connectivity index (χ3n) is 4.89. The maximum absolute atomic E-state index is 12.9. The summed E-state index contributed by atoms with van der Waals surface area (Å²) in [6.45, 7) is 4.90. The summed E-state index contributed by atoms with van der Waals surface area (Å²) in [5.74, 6) is 0.857. The van der Waals surface area contributed by atoms with Crippen molar-refractivity contribution in [3.05, 3.63) is 60.0 Å². The number of hydrogen-bond acceptors (Lipinski definition) is 4. The van der Waals surface area contributed by atoms with Crippen LogP contribution in [0.25, 0.3) is 5.65 Å². The Morgan fingerprint density at radius 3 is 2.58 bits per heavy atom. The number of aryl methyl sites for hydroxylation is 1. The van der Waals surface area contributed by atoms with Crippen LogP contribution in [-0.2, 0) is 0 Å². The van der Waals surface area contributed by atoms with Crippen molar-refractivity contribution in [2.75, 3.05) is 38.2 Å². The van der Waals surface area contributed by atoms with Crippen molar-refractivity contribution in [2.45, 2.75) is 6.92 Å². The largest absolute Gasteiger partial charge is 0.495 e. The highest BCUT2D eigenvalue weighted by Gasteiger charge is 2.25. The second kappa shape index (κ2) is 6.71. The van der Waals surface area contributed by atoms with Gasteiger partial charge < -0.3 is 18.9 Å². The van der Waals surface area contributed by atoms with E-state index in [2.05, 4.69) is 16.0 Å². The summed E-state index contributed by atoms with van der Waals surface area (Å²) in [4.78, 5) is 21.5. The fraction of sp³-hybridized carbons (Fsp3) is 0.300. The Hall–Kier alpha value is -3.02. The molecule has 0 radical (unpaired) electrons. The number of hydrogen-bond donors (Lipinski definition) is 0. The third kappa shape index (κ3) is 2.87. The molecule has 1 saturated heterocycles. The van der Waals surface area contributed by atoms with Gasteiger partial charge in [0.1, 0.15) is 17.1 Å². The molecule has 0 aliphatic carbocycles. The van der Waals surface area contributed by atoms with E-state index in [4.69, 9.17) is 4.74 Å². The average Bonchev–Trinajstić information content (AvgIpc) is 3.13. The molecule has 0 spiro atoms. The monoisotopic (exact) mass is 350 g/mol. The summed E-state index contributed by atoms with van der Waals surface area (Å²) >= 11 is 0. The van der Waals surface area contributed by atoms with Crippen LogP contribution < -0.4 is 9.64 Å². The Morgan fingerprint density at radius 1 is 1.08 bits per heavy atom. The molecular weight excluding hydrogens is 328 g/mol. The van der Waals surface area contributed by atoms with Crippen LogP contribution in [0.3, 0.4) is 0 Å². The minimum absolute atomic E-state index is 0.00669. The maximum atomic E-state index is 12.9. The Morgan fingerprint density at radius 2 is 1.85 bits per heavy atom. The van der Waals surface area contributed by atoms with E-state index in [-0.39, 0.29) is 5.91 Å². The van der Waals surface area contributed by atoms with Crippen LogP contribution in [0.4, 0.5) is 5.69 Å². The summed E-state index contributed by atoms with van der Waals surface area (Å²) in [5, 5.41) is 0. The fourth-order valence-electron chi connectivity index (χ4n) is 3.46. The lowest BCUT2D eigenvalue weighted by molar-refractivity contribution is 0.0741. The molecule has 1 amide bonds. The molecule has 134 valence electrons. The number of piperazine rings is 1. The molecule has 0 atom stereocenters. The fourth-order valence-corrected chi connectivity index (χ4v) is 3.46. The molecule has 6 heteroatoms. The van der Waals surface area contributed by atoms with Crippen molar-refractivity contribution < 1.29 is 9.53 Å². The van der Waals surface area contributed by atoms with Crippen LogP contribution in [-0.4, -0.2) is 53.5 Å². The molecule has 3 aromatic rings. The zero-order valence-electron chi connectivity index (χ0n) is 15.1. The van der Waals surface area contributed by atoms with Gasteiger partial charge in [-0.05, 0) is 30.7 Å². The number of carbonyl (C=O) groups excluding carboxylic acids is 1. The number of ether oxygens (including phenoxy) is 1. The first-order valence-corrected chi connectivity index (χ1v) is 8.79. The van der Waals surface area contributed by atoms with Crippen molar-refractivity contribution in [1.29, 1.82) is 0 Å². The van der Waals surface area contributed by atoms with E-state index >= 15 is 0 Å². The second-order valence-electron chi connectivity index (χ2n) is 6.50. The van der Waals surface area contributed by atoms with Crippen LogP contribution in [0, 0.1) is 6.92 Å². The third-order valence-corrected chi connectivity index (χ3v) is 4.89. The molecule has 4 rings (SSSR count). The van der Waals surface area contributed by atoms with Crippen LogP contribution in [0.15, 0.2) is 48.8 Å². The van der Waals surface area contributed by atoms with Crippen molar-refractivity contribution >= 4 is 17.2 Å². The van der Waals surface area contributed by atoms with Crippen LogP contribution >= 0.6 is 0 Å². The molecule has 3 heterocycles. The number of imidazole rings is 1. The van der Waals surface area contributed by atoms with Crippen molar-refractivity contribution in [3.63, 3.8) is 0 Å². The number of para-hydroxylation sites is 2.